The van der Waals surface area contributed by atoms with E-state index in [1.165, 1.54) is 6.08 Å². The van der Waals surface area contributed by atoms with Crippen LogP contribution in [0.4, 0.5) is 4.39 Å². The largest absolute Gasteiger partial charge is 0.492 e. The Balaban J connectivity index is 2.69. The number of carbonyl (C=O) groups is 1. The van der Waals surface area contributed by atoms with Crippen LogP contribution in [-0.2, 0) is 4.79 Å². The minimum atomic E-state index is -0.996. The summed E-state index contributed by atoms with van der Waals surface area (Å²) in [5, 5.41) is 8.48. The third-order valence-electron chi connectivity index (χ3n) is 1.91. The Bertz CT molecular complexity index is 418. The van der Waals surface area contributed by atoms with Crippen LogP contribution >= 0.6 is 15.9 Å². The number of carboxylic acid groups (broad SMARTS) is 1. The molecule has 5 heteroatoms. The van der Waals surface area contributed by atoms with Crippen molar-refractivity contribution in [3.63, 3.8) is 0 Å². The molecule has 0 bridgehead atoms. The molecule has 0 saturated carbocycles. The maximum absolute atomic E-state index is 11.9. The second kappa shape index (κ2) is 7.06. The van der Waals surface area contributed by atoms with E-state index >= 15 is 0 Å². The van der Waals surface area contributed by atoms with Gasteiger partial charge in [-0.25, -0.2) is 4.79 Å². The Labute approximate surface area is 107 Å². The summed E-state index contributed by atoms with van der Waals surface area (Å²) in [6.07, 6.45) is 2.90. The summed E-state index contributed by atoms with van der Waals surface area (Å²) >= 11 is 3.31. The maximum Gasteiger partial charge on any atom is 0.328 e. The second-order valence-electron chi connectivity index (χ2n) is 3.25. The van der Waals surface area contributed by atoms with Crippen LogP contribution in [0.1, 0.15) is 12.0 Å². The highest BCUT2D eigenvalue weighted by Crippen LogP contribution is 2.26. The van der Waals surface area contributed by atoms with Crippen molar-refractivity contribution in [2.24, 2.45) is 0 Å². The highest BCUT2D eigenvalue weighted by molar-refractivity contribution is 9.10. The van der Waals surface area contributed by atoms with Gasteiger partial charge in [-0.1, -0.05) is 6.07 Å². The zero-order valence-corrected chi connectivity index (χ0v) is 10.6. The first-order chi connectivity index (χ1) is 8.13. The molecule has 0 unspecified atom stereocenters. The van der Waals surface area contributed by atoms with E-state index in [2.05, 4.69) is 15.9 Å². The SMILES string of the molecule is O=C(O)/C=C/c1ccc(OCCCF)c(Br)c1. The first-order valence-corrected chi connectivity index (χ1v) is 5.82. The molecule has 0 heterocycles. The van der Waals surface area contributed by atoms with Gasteiger partial charge in [0.1, 0.15) is 5.75 Å². The average Bonchev–Trinajstić information content (AvgIpc) is 2.29. The number of hydrogen-bond acceptors (Lipinski definition) is 2. The van der Waals surface area contributed by atoms with Crippen molar-refractivity contribution >= 4 is 28.0 Å². The molecular formula is C12H12BrFO3. The molecule has 1 aromatic carbocycles. The molecule has 0 atom stereocenters. The topological polar surface area (TPSA) is 46.5 Å². The summed E-state index contributed by atoms with van der Waals surface area (Å²) in [5.41, 5.74) is 0.747. The van der Waals surface area contributed by atoms with Gasteiger partial charge in [-0.05, 0) is 39.7 Å². The lowest BCUT2D eigenvalue weighted by atomic mass is 10.2. The fourth-order valence-electron chi connectivity index (χ4n) is 1.14. The van der Waals surface area contributed by atoms with Crippen LogP contribution in [0.5, 0.6) is 5.75 Å². The van der Waals surface area contributed by atoms with Gasteiger partial charge in [0.15, 0.2) is 0 Å². The standard InChI is InChI=1S/C12H12BrFO3/c13-10-8-9(3-5-12(15)16)2-4-11(10)17-7-1-6-14/h2-5,8H,1,6-7H2,(H,15,16)/b5-3+. The molecule has 0 aliphatic heterocycles. The highest BCUT2D eigenvalue weighted by Gasteiger charge is 2.01. The quantitative estimate of drug-likeness (QED) is 0.648. The van der Waals surface area contributed by atoms with Gasteiger partial charge in [0, 0.05) is 12.5 Å². The zero-order valence-electron chi connectivity index (χ0n) is 9.03. The molecule has 0 fully saturated rings. The molecule has 17 heavy (non-hydrogen) atoms. The van der Waals surface area contributed by atoms with Crippen LogP contribution in [-0.4, -0.2) is 24.4 Å². The summed E-state index contributed by atoms with van der Waals surface area (Å²) in [5.74, 6) is -0.379. The van der Waals surface area contributed by atoms with Gasteiger partial charge in [0.05, 0.1) is 17.8 Å². The van der Waals surface area contributed by atoms with Crippen LogP contribution in [0.3, 0.4) is 0 Å². The van der Waals surface area contributed by atoms with Gasteiger partial charge >= 0.3 is 5.97 Å². The first kappa shape index (κ1) is 13.7. The van der Waals surface area contributed by atoms with E-state index in [1.54, 1.807) is 18.2 Å². The normalized spacial score (nSPS) is 10.7. The Morgan fingerprint density at radius 3 is 2.88 bits per heavy atom. The fraction of sp³-hybridized carbons (Fsp3) is 0.250. The van der Waals surface area contributed by atoms with Crippen molar-refractivity contribution in [1.29, 1.82) is 0 Å². The van der Waals surface area contributed by atoms with E-state index in [-0.39, 0.29) is 0 Å². The van der Waals surface area contributed by atoms with Gasteiger partial charge in [-0.2, -0.15) is 0 Å². The van der Waals surface area contributed by atoms with Crippen LogP contribution < -0.4 is 4.74 Å². The number of benzene rings is 1. The molecular weight excluding hydrogens is 291 g/mol. The minimum Gasteiger partial charge on any atom is -0.492 e. The van der Waals surface area contributed by atoms with Gasteiger partial charge in [0.2, 0.25) is 0 Å². The number of alkyl halides is 1. The summed E-state index contributed by atoms with van der Waals surface area (Å²) in [7, 11) is 0. The Morgan fingerprint density at radius 1 is 1.53 bits per heavy atom. The maximum atomic E-state index is 11.9. The van der Waals surface area contributed by atoms with Crippen LogP contribution in [0, 0.1) is 0 Å². The van der Waals surface area contributed by atoms with Gasteiger partial charge in [-0.3, -0.25) is 4.39 Å². The second-order valence-corrected chi connectivity index (χ2v) is 4.11. The number of halogens is 2. The van der Waals surface area contributed by atoms with E-state index < -0.39 is 12.6 Å². The molecule has 0 aliphatic carbocycles. The molecule has 0 aromatic heterocycles. The molecule has 0 spiro atoms. The predicted octanol–water partition coefficient (Wildman–Crippen LogP) is 3.29. The van der Waals surface area contributed by atoms with Crippen molar-refractivity contribution < 1.29 is 19.0 Å². The van der Waals surface area contributed by atoms with Gasteiger partial charge in [-0.15, -0.1) is 0 Å². The van der Waals surface area contributed by atoms with Crippen molar-refractivity contribution in [2.75, 3.05) is 13.3 Å². The minimum absolute atomic E-state index is 0.319. The van der Waals surface area contributed by atoms with Crippen LogP contribution in [0.25, 0.3) is 6.08 Å². The molecule has 1 rings (SSSR count). The highest BCUT2D eigenvalue weighted by atomic mass is 79.9. The Morgan fingerprint density at radius 2 is 2.29 bits per heavy atom. The third-order valence-corrected chi connectivity index (χ3v) is 2.53. The lowest BCUT2D eigenvalue weighted by Crippen LogP contribution is -1.98. The zero-order chi connectivity index (χ0) is 12.7. The number of aliphatic carboxylic acids is 1. The van der Waals surface area contributed by atoms with E-state index in [9.17, 15) is 9.18 Å². The lowest BCUT2D eigenvalue weighted by Gasteiger charge is -2.07. The third kappa shape index (κ3) is 4.99. The smallest absolute Gasteiger partial charge is 0.328 e. The van der Waals surface area contributed by atoms with Crippen molar-refractivity contribution in [3.05, 3.63) is 34.3 Å². The van der Waals surface area contributed by atoms with Crippen LogP contribution in [0.15, 0.2) is 28.7 Å². The number of hydrogen-bond donors (Lipinski definition) is 1. The predicted molar refractivity (Wildman–Crippen MR) is 66.9 cm³/mol. The van der Waals surface area contributed by atoms with Gasteiger partial charge < -0.3 is 9.84 Å². The van der Waals surface area contributed by atoms with E-state index in [4.69, 9.17) is 9.84 Å². The number of ether oxygens (including phenoxy) is 1. The molecule has 1 aromatic rings. The Kier molecular flexibility index (Phi) is 5.69. The summed E-state index contributed by atoms with van der Waals surface area (Å²) < 4.78 is 17.9. The molecule has 0 aliphatic rings. The van der Waals surface area contributed by atoms with E-state index in [0.29, 0.717) is 23.2 Å². The summed E-state index contributed by atoms with van der Waals surface area (Å²) in [6.45, 7) is -0.0868. The van der Waals surface area contributed by atoms with Gasteiger partial charge in [0.25, 0.3) is 0 Å². The number of carboxylic acids is 1. The first-order valence-electron chi connectivity index (χ1n) is 5.03. The van der Waals surface area contributed by atoms with Crippen molar-refractivity contribution in [1.82, 2.24) is 0 Å². The molecule has 0 amide bonds. The van der Waals surface area contributed by atoms with Crippen molar-refractivity contribution in [3.8, 4) is 5.75 Å². The monoisotopic (exact) mass is 302 g/mol. The molecule has 1 N–H and O–H groups in total. The van der Waals surface area contributed by atoms with Crippen molar-refractivity contribution in [2.45, 2.75) is 6.42 Å². The number of rotatable bonds is 6. The van der Waals surface area contributed by atoms with Crippen LogP contribution in [0.2, 0.25) is 0 Å². The molecule has 3 nitrogen and oxygen atoms in total. The van der Waals surface area contributed by atoms with E-state index in [0.717, 1.165) is 11.6 Å². The molecule has 0 saturated heterocycles. The van der Waals surface area contributed by atoms with E-state index in [1.807, 2.05) is 0 Å². The summed E-state index contributed by atoms with van der Waals surface area (Å²) in [4.78, 5) is 10.3. The average molecular weight is 303 g/mol. The Hall–Kier alpha value is -1.36. The lowest BCUT2D eigenvalue weighted by molar-refractivity contribution is -0.131. The molecule has 0 radical (unpaired) electrons. The molecule has 92 valence electrons. The summed E-state index contributed by atoms with van der Waals surface area (Å²) in [6, 6.07) is 5.18. The fourth-order valence-corrected chi connectivity index (χ4v) is 1.65.